The summed E-state index contributed by atoms with van der Waals surface area (Å²) >= 11 is 0. The maximum absolute atomic E-state index is 12.3. The fraction of sp³-hybridized carbons (Fsp3) is 0.526. The molecule has 124 valence electrons. The van der Waals surface area contributed by atoms with Gasteiger partial charge in [0.05, 0.1) is 25.7 Å². The average Bonchev–Trinajstić information content (AvgIpc) is 3.25. The third kappa shape index (κ3) is 4.58. The lowest BCUT2D eigenvalue weighted by atomic mass is 10.2. The molecule has 0 aliphatic carbocycles. The monoisotopic (exact) mass is 315 g/mol. The van der Waals surface area contributed by atoms with Crippen LogP contribution in [0.5, 0.6) is 0 Å². The molecule has 4 nitrogen and oxygen atoms in total. The van der Waals surface area contributed by atoms with Crippen LogP contribution in [-0.4, -0.2) is 43.2 Å². The Balaban J connectivity index is 1.47. The molecule has 1 aromatic carbocycles. The van der Waals surface area contributed by atoms with E-state index in [0.29, 0.717) is 6.61 Å². The van der Waals surface area contributed by atoms with E-state index >= 15 is 0 Å². The molecule has 0 saturated carbocycles. The fourth-order valence-electron chi connectivity index (χ4n) is 3.49. The summed E-state index contributed by atoms with van der Waals surface area (Å²) in [6, 6.07) is 10.1. The van der Waals surface area contributed by atoms with Crippen molar-refractivity contribution in [3.63, 3.8) is 0 Å². The number of quaternary nitrogens is 1. The van der Waals surface area contributed by atoms with E-state index in [-0.39, 0.29) is 12.1 Å². The molecular formula is C19H27N2O2+. The maximum Gasteiger partial charge on any atom is 0.410 e. The number of nitrogens with one attached hydrogen (secondary N) is 1. The predicted octanol–water partition coefficient (Wildman–Crippen LogP) is 2.02. The molecule has 2 fully saturated rings. The van der Waals surface area contributed by atoms with Crippen LogP contribution >= 0.6 is 0 Å². The number of ether oxygens (including phenoxy) is 1. The largest absolute Gasteiger partial charge is 0.445 e. The minimum Gasteiger partial charge on any atom is -0.445 e. The lowest BCUT2D eigenvalue weighted by molar-refractivity contribution is -0.881. The van der Waals surface area contributed by atoms with Crippen LogP contribution < -0.4 is 4.90 Å². The van der Waals surface area contributed by atoms with Gasteiger partial charge >= 0.3 is 6.09 Å². The zero-order valence-corrected chi connectivity index (χ0v) is 13.7. The van der Waals surface area contributed by atoms with Crippen LogP contribution in [-0.2, 0) is 11.3 Å². The Hall–Kier alpha value is -1.81. The molecule has 0 spiro atoms. The van der Waals surface area contributed by atoms with Crippen molar-refractivity contribution >= 4 is 6.09 Å². The number of nitrogens with zero attached hydrogens (tertiary/aromatic N) is 1. The second-order valence-corrected chi connectivity index (χ2v) is 6.53. The summed E-state index contributed by atoms with van der Waals surface area (Å²) < 4.78 is 5.47. The Labute approximate surface area is 138 Å². The van der Waals surface area contributed by atoms with E-state index in [4.69, 9.17) is 4.74 Å². The zero-order valence-electron chi connectivity index (χ0n) is 13.7. The summed E-state index contributed by atoms with van der Waals surface area (Å²) in [4.78, 5) is 15.9. The van der Waals surface area contributed by atoms with Crippen LogP contribution in [0, 0.1) is 0 Å². The molecule has 2 heterocycles. The van der Waals surface area contributed by atoms with Crippen molar-refractivity contribution in [1.29, 1.82) is 0 Å². The lowest BCUT2D eigenvalue weighted by Crippen LogP contribution is -3.09. The first-order valence-corrected chi connectivity index (χ1v) is 8.80. The molecule has 3 rings (SSSR count). The van der Waals surface area contributed by atoms with E-state index in [1.165, 1.54) is 25.9 Å². The highest BCUT2D eigenvalue weighted by atomic mass is 16.6. The number of hydrogen-bond donors (Lipinski definition) is 1. The molecule has 2 aliphatic heterocycles. The van der Waals surface area contributed by atoms with Crippen LogP contribution in [0.25, 0.3) is 0 Å². The Morgan fingerprint density at radius 3 is 2.78 bits per heavy atom. The van der Waals surface area contributed by atoms with Crippen molar-refractivity contribution in [2.24, 2.45) is 0 Å². The Morgan fingerprint density at radius 1 is 1.22 bits per heavy atom. The minimum absolute atomic E-state index is 0.186. The third-order valence-electron chi connectivity index (χ3n) is 4.81. The van der Waals surface area contributed by atoms with Gasteiger partial charge in [-0.3, -0.25) is 0 Å². The topological polar surface area (TPSA) is 34.0 Å². The van der Waals surface area contributed by atoms with E-state index in [2.05, 4.69) is 12.2 Å². The first-order valence-electron chi connectivity index (χ1n) is 8.80. The highest BCUT2D eigenvalue weighted by Gasteiger charge is 2.28. The number of rotatable bonds is 5. The van der Waals surface area contributed by atoms with E-state index in [9.17, 15) is 4.79 Å². The summed E-state index contributed by atoms with van der Waals surface area (Å²) in [6.07, 6.45) is 9.10. The molecule has 1 atom stereocenters. The van der Waals surface area contributed by atoms with Crippen molar-refractivity contribution in [2.75, 3.05) is 26.2 Å². The summed E-state index contributed by atoms with van der Waals surface area (Å²) in [5.74, 6) is 0. The van der Waals surface area contributed by atoms with Gasteiger partial charge < -0.3 is 14.5 Å². The van der Waals surface area contributed by atoms with Crippen molar-refractivity contribution in [3.8, 4) is 0 Å². The Morgan fingerprint density at radius 2 is 2.00 bits per heavy atom. The van der Waals surface area contributed by atoms with Gasteiger partial charge in [-0.05, 0) is 24.5 Å². The number of amides is 1. The first-order chi connectivity index (χ1) is 11.3. The molecule has 0 bridgehead atoms. The van der Waals surface area contributed by atoms with Gasteiger partial charge in [-0.2, -0.15) is 0 Å². The minimum atomic E-state index is -0.186. The number of carbonyl (C=O) groups is 1. The van der Waals surface area contributed by atoms with Gasteiger partial charge in [0.15, 0.2) is 0 Å². The first kappa shape index (κ1) is 16.1. The second kappa shape index (κ2) is 8.16. The molecular weight excluding hydrogens is 288 g/mol. The molecule has 1 aromatic rings. The van der Waals surface area contributed by atoms with Gasteiger partial charge in [0.1, 0.15) is 6.61 Å². The van der Waals surface area contributed by atoms with E-state index in [0.717, 1.165) is 31.5 Å². The van der Waals surface area contributed by atoms with Crippen LogP contribution in [0.2, 0.25) is 0 Å². The summed E-state index contributed by atoms with van der Waals surface area (Å²) in [6.45, 7) is 4.82. The smallest absolute Gasteiger partial charge is 0.410 e. The van der Waals surface area contributed by atoms with Gasteiger partial charge in [0, 0.05) is 19.4 Å². The van der Waals surface area contributed by atoms with Crippen molar-refractivity contribution in [3.05, 3.63) is 48.0 Å². The molecule has 23 heavy (non-hydrogen) atoms. The quantitative estimate of drug-likeness (QED) is 0.844. The molecule has 1 N–H and O–H groups in total. The highest BCUT2D eigenvalue weighted by Crippen LogP contribution is 2.19. The van der Waals surface area contributed by atoms with Gasteiger partial charge in [-0.25, -0.2) is 4.79 Å². The van der Waals surface area contributed by atoms with Crippen LogP contribution in [0.15, 0.2) is 42.5 Å². The molecule has 4 heteroatoms. The van der Waals surface area contributed by atoms with Gasteiger partial charge in [-0.1, -0.05) is 36.4 Å². The second-order valence-electron chi connectivity index (χ2n) is 6.53. The standard InChI is InChI=1S/C19H26N2O2/c22-19(23-16-17-8-2-1-3-9-17)21-15-7-11-18(21)10-6-14-20-12-4-5-13-20/h1-3,6,8-10,18H,4-5,7,11-16H2/p+1/b10-6+/t18-/m1/s1. The predicted molar refractivity (Wildman–Crippen MR) is 90.3 cm³/mol. The average molecular weight is 315 g/mol. The molecule has 0 aromatic heterocycles. The van der Waals surface area contributed by atoms with Crippen LogP contribution in [0.1, 0.15) is 31.2 Å². The van der Waals surface area contributed by atoms with E-state index < -0.39 is 0 Å². The fourth-order valence-corrected chi connectivity index (χ4v) is 3.49. The number of hydrogen-bond acceptors (Lipinski definition) is 2. The van der Waals surface area contributed by atoms with E-state index in [1.807, 2.05) is 35.2 Å². The number of carbonyl (C=O) groups excluding carboxylic acids is 1. The third-order valence-corrected chi connectivity index (χ3v) is 4.81. The van der Waals surface area contributed by atoms with Crippen molar-refractivity contribution in [1.82, 2.24) is 4.90 Å². The molecule has 1 amide bonds. The maximum atomic E-state index is 12.3. The molecule has 0 unspecified atom stereocenters. The Bertz CT molecular complexity index is 523. The van der Waals surface area contributed by atoms with Gasteiger partial charge in [0.25, 0.3) is 0 Å². The zero-order chi connectivity index (χ0) is 15.9. The Kier molecular flexibility index (Phi) is 5.70. The normalized spacial score (nSPS) is 22.1. The molecule has 0 radical (unpaired) electrons. The van der Waals surface area contributed by atoms with Crippen LogP contribution in [0.4, 0.5) is 4.79 Å². The summed E-state index contributed by atoms with van der Waals surface area (Å²) in [5.41, 5.74) is 1.03. The van der Waals surface area contributed by atoms with E-state index in [1.54, 1.807) is 4.90 Å². The molecule has 2 saturated heterocycles. The summed E-state index contributed by atoms with van der Waals surface area (Å²) in [7, 11) is 0. The van der Waals surface area contributed by atoms with Crippen LogP contribution in [0.3, 0.4) is 0 Å². The SMILES string of the molecule is O=C(OCc1ccccc1)N1CCC[C@H]1/C=C/C[NH+]1CCCC1. The highest BCUT2D eigenvalue weighted by molar-refractivity contribution is 5.68. The number of likely N-dealkylation sites (tertiary alicyclic amines) is 2. The summed E-state index contributed by atoms with van der Waals surface area (Å²) in [5, 5.41) is 0. The number of benzene rings is 1. The van der Waals surface area contributed by atoms with Gasteiger partial charge in [0.2, 0.25) is 0 Å². The van der Waals surface area contributed by atoms with Crippen molar-refractivity contribution in [2.45, 2.75) is 38.3 Å². The molecule has 2 aliphatic rings. The van der Waals surface area contributed by atoms with Gasteiger partial charge in [-0.15, -0.1) is 0 Å². The van der Waals surface area contributed by atoms with Crippen molar-refractivity contribution < 1.29 is 14.4 Å². The lowest BCUT2D eigenvalue weighted by Gasteiger charge is -2.21.